The zero-order chi connectivity index (χ0) is 12.4. The van der Waals surface area contributed by atoms with Gasteiger partial charge in [-0.05, 0) is 61.8 Å². The Balaban J connectivity index is 1.99. The number of hydrogen-bond donors (Lipinski definition) is 1. The third-order valence-corrected chi connectivity index (χ3v) is 5.38. The lowest BCUT2D eigenvalue weighted by atomic mass is 9.81. The molecule has 1 aromatic rings. The predicted octanol–water partition coefficient (Wildman–Crippen LogP) is 4.49. The molecule has 0 saturated heterocycles. The van der Waals surface area contributed by atoms with Crippen LogP contribution >= 0.6 is 11.8 Å². The molecular weight excluding hydrogens is 226 g/mol. The van der Waals surface area contributed by atoms with Gasteiger partial charge < -0.3 is 5.73 Å². The fraction of sp³-hybridized carbons (Fsp3) is 0.600. The Labute approximate surface area is 109 Å². The van der Waals surface area contributed by atoms with Gasteiger partial charge in [-0.3, -0.25) is 0 Å². The molecule has 1 aliphatic rings. The van der Waals surface area contributed by atoms with Crippen LogP contribution in [0.4, 0.5) is 5.69 Å². The highest BCUT2D eigenvalue weighted by atomic mass is 32.2. The maximum atomic E-state index is 5.85. The minimum atomic E-state index is 0.796. The number of anilines is 1. The molecule has 0 bridgehead atoms. The zero-order valence-electron chi connectivity index (χ0n) is 11.1. The van der Waals surface area contributed by atoms with Crippen LogP contribution in [-0.4, -0.2) is 5.25 Å². The first-order valence-electron chi connectivity index (χ1n) is 6.59. The molecule has 0 aromatic heterocycles. The summed E-state index contributed by atoms with van der Waals surface area (Å²) in [5.74, 6) is 1.77. The van der Waals surface area contributed by atoms with Crippen LogP contribution in [0, 0.1) is 18.8 Å². The van der Waals surface area contributed by atoms with Crippen LogP contribution in [0.1, 0.15) is 38.7 Å². The summed E-state index contributed by atoms with van der Waals surface area (Å²) >= 11 is 2.04. The Morgan fingerprint density at radius 1 is 1.18 bits per heavy atom. The van der Waals surface area contributed by atoms with Gasteiger partial charge in [-0.1, -0.05) is 13.8 Å². The maximum absolute atomic E-state index is 5.85. The SMILES string of the molecule is Cc1cc(SC2CCC(C)C(C)C2)ccc1N. The minimum absolute atomic E-state index is 0.796. The molecule has 0 heterocycles. The topological polar surface area (TPSA) is 26.0 Å². The maximum Gasteiger partial charge on any atom is 0.0344 e. The highest BCUT2D eigenvalue weighted by Gasteiger charge is 2.25. The van der Waals surface area contributed by atoms with Crippen molar-refractivity contribution in [1.29, 1.82) is 0 Å². The monoisotopic (exact) mass is 249 g/mol. The van der Waals surface area contributed by atoms with Crippen molar-refractivity contribution in [2.75, 3.05) is 5.73 Å². The molecular formula is C15H23NS. The third-order valence-electron chi connectivity index (χ3n) is 4.09. The van der Waals surface area contributed by atoms with E-state index in [2.05, 4.69) is 32.9 Å². The summed E-state index contributed by atoms with van der Waals surface area (Å²) in [7, 11) is 0. The van der Waals surface area contributed by atoms with Gasteiger partial charge in [0, 0.05) is 15.8 Å². The summed E-state index contributed by atoms with van der Waals surface area (Å²) in [5, 5.41) is 0.796. The van der Waals surface area contributed by atoms with Crippen molar-refractivity contribution < 1.29 is 0 Å². The number of aryl methyl sites for hydroxylation is 1. The molecule has 1 fully saturated rings. The summed E-state index contributed by atoms with van der Waals surface area (Å²) in [5.41, 5.74) is 7.96. The van der Waals surface area contributed by atoms with E-state index >= 15 is 0 Å². The lowest BCUT2D eigenvalue weighted by Crippen LogP contribution is -2.22. The van der Waals surface area contributed by atoms with E-state index in [9.17, 15) is 0 Å². The first-order valence-corrected chi connectivity index (χ1v) is 7.47. The van der Waals surface area contributed by atoms with Crippen LogP contribution in [-0.2, 0) is 0 Å². The standard InChI is InChI=1S/C15H23NS/c1-10-4-5-13(8-11(10)2)17-14-6-7-15(16)12(3)9-14/h6-7,9-11,13H,4-5,8,16H2,1-3H3. The fourth-order valence-electron chi connectivity index (χ4n) is 2.52. The van der Waals surface area contributed by atoms with Gasteiger partial charge in [0.1, 0.15) is 0 Å². The molecule has 1 aromatic carbocycles. The van der Waals surface area contributed by atoms with E-state index in [0.717, 1.165) is 22.8 Å². The largest absolute Gasteiger partial charge is 0.399 e. The number of benzene rings is 1. The van der Waals surface area contributed by atoms with Gasteiger partial charge in [0.05, 0.1) is 0 Å². The lowest BCUT2D eigenvalue weighted by molar-refractivity contribution is 0.283. The van der Waals surface area contributed by atoms with Crippen LogP contribution < -0.4 is 5.73 Å². The Morgan fingerprint density at radius 3 is 2.59 bits per heavy atom. The van der Waals surface area contributed by atoms with Crippen LogP contribution in [0.5, 0.6) is 0 Å². The van der Waals surface area contributed by atoms with Crippen molar-refractivity contribution in [3.05, 3.63) is 23.8 Å². The summed E-state index contributed by atoms with van der Waals surface area (Å²) in [6.07, 6.45) is 4.10. The Morgan fingerprint density at radius 2 is 1.94 bits per heavy atom. The Bertz CT molecular complexity index is 389. The summed E-state index contributed by atoms with van der Waals surface area (Å²) in [6.45, 7) is 6.87. The zero-order valence-corrected chi connectivity index (χ0v) is 11.9. The fourth-order valence-corrected chi connectivity index (χ4v) is 3.95. The molecule has 17 heavy (non-hydrogen) atoms. The average molecular weight is 249 g/mol. The number of hydrogen-bond acceptors (Lipinski definition) is 2. The van der Waals surface area contributed by atoms with E-state index in [4.69, 9.17) is 5.73 Å². The number of rotatable bonds is 2. The lowest BCUT2D eigenvalue weighted by Gasteiger charge is -2.31. The minimum Gasteiger partial charge on any atom is -0.399 e. The van der Waals surface area contributed by atoms with Crippen molar-refractivity contribution >= 4 is 17.4 Å². The summed E-state index contributed by atoms with van der Waals surface area (Å²) in [4.78, 5) is 1.38. The van der Waals surface area contributed by atoms with Crippen LogP contribution in [0.25, 0.3) is 0 Å². The molecule has 0 spiro atoms. The van der Waals surface area contributed by atoms with Crippen molar-refractivity contribution in [2.24, 2.45) is 11.8 Å². The van der Waals surface area contributed by atoms with E-state index in [1.54, 1.807) is 0 Å². The van der Waals surface area contributed by atoms with Gasteiger partial charge >= 0.3 is 0 Å². The first-order chi connectivity index (χ1) is 8.06. The molecule has 2 N–H and O–H groups in total. The van der Waals surface area contributed by atoms with Crippen molar-refractivity contribution in [2.45, 2.75) is 50.2 Å². The Kier molecular flexibility index (Phi) is 4.03. The molecule has 3 unspecified atom stereocenters. The Hall–Kier alpha value is -0.630. The van der Waals surface area contributed by atoms with Crippen LogP contribution in [0.2, 0.25) is 0 Å². The average Bonchev–Trinajstić information content (AvgIpc) is 2.29. The van der Waals surface area contributed by atoms with E-state index in [1.807, 2.05) is 17.8 Å². The van der Waals surface area contributed by atoms with Crippen LogP contribution in [0.15, 0.2) is 23.1 Å². The second-order valence-corrected chi connectivity index (χ2v) is 6.90. The molecule has 0 aliphatic heterocycles. The second kappa shape index (κ2) is 5.34. The molecule has 0 amide bonds. The van der Waals surface area contributed by atoms with Gasteiger partial charge in [-0.15, -0.1) is 11.8 Å². The molecule has 1 aliphatic carbocycles. The predicted molar refractivity (Wildman–Crippen MR) is 77.4 cm³/mol. The molecule has 1 saturated carbocycles. The van der Waals surface area contributed by atoms with Gasteiger partial charge in [-0.25, -0.2) is 0 Å². The van der Waals surface area contributed by atoms with E-state index in [-0.39, 0.29) is 0 Å². The number of nitrogens with two attached hydrogens (primary N) is 1. The van der Waals surface area contributed by atoms with E-state index < -0.39 is 0 Å². The van der Waals surface area contributed by atoms with E-state index in [0.29, 0.717) is 0 Å². The van der Waals surface area contributed by atoms with Crippen molar-refractivity contribution in [1.82, 2.24) is 0 Å². The molecule has 2 heteroatoms. The second-order valence-electron chi connectivity index (χ2n) is 5.53. The van der Waals surface area contributed by atoms with Gasteiger partial charge in [0.15, 0.2) is 0 Å². The van der Waals surface area contributed by atoms with Gasteiger partial charge in [0.2, 0.25) is 0 Å². The van der Waals surface area contributed by atoms with Crippen molar-refractivity contribution in [3.8, 4) is 0 Å². The molecule has 2 rings (SSSR count). The number of nitrogen functional groups attached to an aromatic ring is 1. The van der Waals surface area contributed by atoms with Gasteiger partial charge in [-0.2, -0.15) is 0 Å². The quantitative estimate of drug-likeness (QED) is 0.781. The third kappa shape index (κ3) is 3.19. The highest BCUT2D eigenvalue weighted by molar-refractivity contribution is 8.00. The normalized spacial score (nSPS) is 29.2. The summed E-state index contributed by atoms with van der Waals surface area (Å²) in [6, 6.07) is 6.42. The highest BCUT2D eigenvalue weighted by Crippen LogP contribution is 2.39. The smallest absolute Gasteiger partial charge is 0.0344 e. The molecule has 0 radical (unpaired) electrons. The molecule has 94 valence electrons. The van der Waals surface area contributed by atoms with Crippen LogP contribution in [0.3, 0.4) is 0 Å². The van der Waals surface area contributed by atoms with E-state index in [1.165, 1.54) is 29.7 Å². The number of thioether (sulfide) groups is 1. The molecule has 3 atom stereocenters. The summed E-state index contributed by atoms with van der Waals surface area (Å²) < 4.78 is 0. The van der Waals surface area contributed by atoms with Gasteiger partial charge in [0.25, 0.3) is 0 Å². The van der Waals surface area contributed by atoms with Crippen molar-refractivity contribution in [3.63, 3.8) is 0 Å². The molecule has 1 nitrogen and oxygen atoms in total. The first kappa shape index (κ1) is 12.8.